The van der Waals surface area contributed by atoms with E-state index in [1.54, 1.807) is 30.3 Å². The first-order valence-corrected chi connectivity index (χ1v) is 8.93. The summed E-state index contributed by atoms with van der Waals surface area (Å²) in [4.78, 5) is 33.3. The summed E-state index contributed by atoms with van der Waals surface area (Å²) in [6.45, 7) is 3.76. The number of aromatic nitrogens is 1. The molecule has 1 aliphatic heterocycles. The number of nitrogens with two attached hydrogens (primary N) is 1. The lowest BCUT2D eigenvalue weighted by atomic mass is 9.76. The van der Waals surface area contributed by atoms with Crippen LogP contribution < -0.4 is 16.4 Å². The standard InChI is InChI=1S/C19H20ClN5O2/c1-3-19(11(2)16(26)24-18(21)25-19)12-6-4-7-13(10-12)23-17(27)15-14(20)8-5-9-22-15/h4-11H,3H2,1-2H3,(H,23,27)(H3,21,24,25,26)/t11?,19-/m0/s1. The summed E-state index contributed by atoms with van der Waals surface area (Å²) < 4.78 is 0. The van der Waals surface area contributed by atoms with Crippen LogP contribution in [0.1, 0.15) is 36.3 Å². The number of halogens is 1. The molecule has 4 N–H and O–H groups in total. The topological polar surface area (TPSA) is 109 Å². The summed E-state index contributed by atoms with van der Waals surface area (Å²) in [6, 6.07) is 10.5. The molecule has 7 nitrogen and oxygen atoms in total. The zero-order chi connectivity index (χ0) is 19.6. The van der Waals surface area contributed by atoms with Crippen molar-refractivity contribution in [3.8, 4) is 0 Å². The van der Waals surface area contributed by atoms with Gasteiger partial charge < -0.3 is 11.1 Å². The van der Waals surface area contributed by atoms with Gasteiger partial charge in [-0.1, -0.05) is 37.6 Å². The van der Waals surface area contributed by atoms with Crippen LogP contribution in [0.25, 0.3) is 0 Å². The number of guanidine groups is 1. The van der Waals surface area contributed by atoms with Gasteiger partial charge in [-0.25, -0.2) is 9.98 Å². The lowest BCUT2D eigenvalue weighted by Crippen LogP contribution is -2.53. The van der Waals surface area contributed by atoms with Crippen LogP contribution in [0, 0.1) is 5.92 Å². The summed E-state index contributed by atoms with van der Waals surface area (Å²) in [7, 11) is 0. The van der Waals surface area contributed by atoms with E-state index in [4.69, 9.17) is 17.3 Å². The second-order valence-corrected chi connectivity index (χ2v) is 6.76. The molecule has 0 spiro atoms. The van der Waals surface area contributed by atoms with Crippen LogP contribution in [0.5, 0.6) is 0 Å². The van der Waals surface area contributed by atoms with Crippen LogP contribution in [-0.2, 0) is 10.3 Å². The fraction of sp³-hybridized carbons (Fsp3) is 0.263. The normalized spacial score (nSPS) is 22.0. The van der Waals surface area contributed by atoms with Gasteiger partial charge in [-0.3, -0.25) is 14.9 Å². The van der Waals surface area contributed by atoms with Gasteiger partial charge in [0.1, 0.15) is 11.2 Å². The molecule has 0 radical (unpaired) electrons. The third-order valence-electron chi connectivity index (χ3n) is 4.81. The number of pyridine rings is 1. The fourth-order valence-corrected chi connectivity index (χ4v) is 3.51. The van der Waals surface area contributed by atoms with Crippen LogP contribution in [0.3, 0.4) is 0 Å². The maximum atomic E-state index is 12.5. The zero-order valence-electron chi connectivity index (χ0n) is 15.0. The predicted molar refractivity (Wildman–Crippen MR) is 105 cm³/mol. The molecule has 27 heavy (non-hydrogen) atoms. The molecular formula is C19H20ClN5O2. The summed E-state index contributed by atoms with van der Waals surface area (Å²) >= 11 is 6.03. The first-order chi connectivity index (χ1) is 12.9. The van der Waals surface area contributed by atoms with E-state index in [2.05, 4.69) is 20.6 Å². The number of amides is 2. The number of anilines is 1. The molecule has 0 fully saturated rings. The number of carbonyl (C=O) groups excluding carboxylic acids is 2. The number of carbonyl (C=O) groups is 2. The molecule has 0 saturated carbocycles. The first-order valence-electron chi connectivity index (χ1n) is 8.56. The highest BCUT2D eigenvalue weighted by molar-refractivity contribution is 6.34. The van der Waals surface area contributed by atoms with E-state index >= 15 is 0 Å². The molecule has 0 saturated heterocycles. The number of nitrogens with zero attached hydrogens (tertiary/aromatic N) is 2. The predicted octanol–water partition coefficient (Wildman–Crippen LogP) is 2.67. The Labute approximate surface area is 162 Å². The second kappa shape index (κ2) is 7.36. The maximum absolute atomic E-state index is 12.5. The van der Waals surface area contributed by atoms with Crippen molar-refractivity contribution >= 4 is 35.1 Å². The number of benzene rings is 1. The van der Waals surface area contributed by atoms with E-state index in [0.29, 0.717) is 12.1 Å². The largest absolute Gasteiger partial charge is 0.370 e. The minimum absolute atomic E-state index is 0.0923. The maximum Gasteiger partial charge on any atom is 0.275 e. The van der Waals surface area contributed by atoms with E-state index in [1.165, 1.54) is 6.20 Å². The van der Waals surface area contributed by atoms with Gasteiger partial charge in [-0.05, 0) is 36.2 Å². The number of hydrogen-bond donors (Lipinski definition) is 3. The summed E-state index contributed by atoms with van der Waals surface area (Å²) in [5, 5.41) is 5.62. The molecule has 2 heterocycles. The molecule has 2 atom stereocenters. The fourth-order valence-electron chi connectivity index (χ4n) is 3.30. The molecule has 2 amide bonds. The van der Waals surface area contributed by atoms with Crippen molar-refractivity contribution in [3.05, 3.63) is 58.9 Å². The Bertz CT molecular complexity index is 930. The smallest absolute Gasteiger partial charge is 0.275 e. The number of nitrogens with one attached hydrogen (secondary N) is 2. The monoisotopic (exact) mass is 385 g/mol. The van der Waals surface area contributed by atoms with E-state index in [0.717, 1.165) is 5.56 Å². The van der Waals surface area contributed by atoms with Gasteiger partial charge in [-0.2, -0.15) is 0 Å². The van der Waals surface area contributed by atoms with Crippen LogP contribution in [-0.4, -0.2) is 22.8 Å². The Hall–Kier alpha value is -2.93. The van der Waals surface area contributed by atoms with Crippen LogP contribution in [0.4, 0.5) is 5.69 Å². The average Bonchev–Trinajstić information content (AvgIpc) is 2.65. The quantitative estimate of drug-likeness (QED) is 0.751. The van der Waals surface area contributed by atoms with E-state index in [9.17, 15) is 9.59 Å². The lowest BCUT2D eigenvalue weighted by molar-refractivity contribution is -0.126. The Balaban J connectivity index is 1.95. The molecule has 1 unspecified atom stereocenters. The number of aliphatic imine (C=N–C) groups is 1. The van der Waals surface area contributed by atoms with E-state index in [1.807, 2.05) is 19.9 Å². The molecule has 3 rings (SSSR count). The molecule has 1 aromatic carbocycles. The van der Waals surface area contributed by atoms with Crippen molar-refractivity contribution in [1.29, 1.82) is 0 Å². The van der Waals surface area contributed by atoms with Gasteiger partial charge in [-0.15, -0.1) is 0 Å². The SMILES string of the molecule is CC[C@]1(c2cccc(NC(=O)c3ncccc3Cl)c2)N=C(N)NC(=O)C1C. The third kappa shape index (κ3) is 3.50. The van der Waals surface area contributed by atoms with Crippen molar-refractivity contribution in [1.82, 2.24) is 10.3 Å². The Morgan fingerprint density at radius 1 is 1.37 bits per heavy atom. The molecule has 140 valence electrons. The molecule has 2 aromatic rings. The van der Waals surface area contributed by atoms with E-state index in [-0.39, 0.29) is 22.6 Å². The summed E-state index contributed by atoms with van der Waals surface area (Å²) in [5.74, 6) is -0.916. The van der Waals surface area contributed by atoms with Crippen molar-refractivity contribution in [2.24, 2.45) is 16.6 Å². The van der Waals surface area contributed by atoms with Gasteiger partial charge in [0.05, 0.1) is 10.9 Å². The molecule has 1 aliphatic rings. The van der Waals surface area contributed by atoms with Gasteiger partial charge in [0.2, 0.25) is 5.91 Å². The third-order valence-corrected chi connectivity index (χ3v) is 5.12. The first kappa shape index (κ1) is 18.8. The Morgan fingerprint density at radius 3 is 2.85 bits per heavy atom. The number of hydrogen-bond acceptors (Lipinski definition) is 5. The van der Waals surface area contributed by atoms with Gasteiger partial charge >= 0.3 is 0 Å². The average molecular weight is 386 g/mol. The van der Waals surface area contributed by atoms with Crippen molar-refractivity contribution in [2.45, 2.75) is 25.8 Å². The van der Waals surface area contributed by atoms with Gasteiger partial charge in [0.15, 0.2) is 5.96 Å². The number of rotatable bonds is 4. The van der Waals surface area contributed by atoms with Crippen molar-refractivity contribution < 1.29 is 9.59 Å². The van der Waals surface area contributed by atoms with Gasteiger partial charge in [0, 0.05) is 11.9 Å². The molecular weight excluding hydrogens is 366 g/mol. The van der Waals surface area contributed by atoms with Crippen molar-refractivity contribution in [2.75, 3.05) is 5.32 Å². The van der Waals surface area contributed by atoms with Crippen molar-refractivity contribution in [3.63, 3.8) is 0 Å². The summed E-state index contributed by atoms with van der Waals surface area (Å²) in [5.41, 5.74) is 6.50. The zero-order valence-corrected chi connectivity index (χ0v) is 15.7. The molecule has 8 heteroatoms. The van der Waals surface area contributed by atoms with E-state index < -0.39 is 17.4 Å². The Kier molecular flexibility index (Phi) is 5.14. The van der Waals surface area contributed by atoms with Crippen LogP contribution in [0.15, 0.2) is 47.6 Å². The van der Waals surface area contributed by atoms with Crippen LogP contribution >= 0.6 is 11.6 Å². The van der Waals surface area contributed by atoms with Crippen LogP contribution in [0.2, 0.25) is 5.02 Å². The minimum Gasteiger partial charge on any atom is -0.370 e. The highest BCUT2D eigenvalue weighted by Crippen LogP contribution is 2.40. The Morgan fingerprint density at radius 2 is 2.15 bits per heavy atom. The molecule has 1 aromatic heterocycles. The minimum atomic E-state index is -0.796. The lowest BCUT2D eigenvalue weighted by Gasteiger charge is -2.38. The summed E-state index contributed by atoms with van der Waals surface area (Å²) in [6.07, 6.45) is 2.08. The molecule has 0 aliphatic carbocycles. The van der Waals surface area contributed by atoms with Gasteiger partial charge in [0.25, 0.3) is 5.91 Å². The highest BCUT2D eigenvalue weighted by Gasteiger charge is 2.43. The second-order valence-electron chi connectivity index (χ2n) is 6.35. The highest BCUT2D eigenvalue weighted by atomic mass is 35.5. The molecule has 0 bridgehead atoms.